The standard InChI is InChI=1S/C54H34N2/c1-3-17-35(18-4-1)50-34-51(36-19-5-2-6-20-36)56-52(55-50)37-31-32-48-49(33-37)54(44-27-13-9-23-40(44)41-24-10-14-28-45(41)54)47-30-16-15-29-46(47)53(48)42-25-11-7-21-38(42)39-22-8-12-26-43(39)53/h1-34H. The maximum Gasteiger partial charge on any atom is 0.160 e. The van der Waals surface area contributed by atoms with Gasteiger partial charge in [-0.2, -0.15) is 0 Å². The lowest BCUT2D eigenvalue weighted by atomic mass is 9.52. The molecule has 8 aromatic carbocycles. The molecule has 56 heavy (non-hydrogen) atoms. The summed E-state index contributed by atoms with van der Waals surface area (Å²) in [5, 5.41) is 0. The summed E-state index contributed by atoms with van der Waals surface area (Å²) in [6, 6.07) is 75.6. The molecular weight excluding hydrogens is 677 g/mol. The van der Waals surface area contributed by atoms with Crippen LogP contribution in [0.2, 0.25) is 0 Å². The van der Waals surface area contributed by atoms with Crippen molar-refractivity contribution >= 4 is 0 Å². The second-order valence-corrected chi connectivity index (χ2v) is 15.2. The van der Waals surface area contributed by atoms with E-state index in [1.54, 1.807) is 0 Å². The van der Waals surface area contributed by atoms with Crippen LogP contribution in [0, 0.1) is 0 Å². The quantitative estimate of drug-likeness (QED) is 0.182. The predicted molar refractivity (Wildman–Crippen MR) is 227 cm³/mol. The largest absolute Gasteiger partial charge is 0.228 e. The van der Waals surface area contributed by atoms with Crippen LogP contribution in [-0.2, 0) is 10.8 Å². The number of rotatable bonds is 3. The van der Waals surface area contributed by atoms with Gasteiger partial charge in [0.2, 0.25) is 0 Å². The summed E-state index contributed by atoms with van der Waals surface area (Å²) in [6.07, 6.45) is 0. The molecule has 2 spiro atoms. The molecule has 3 aliphatic carbocycles. The number of hydrogen-bond acceptors (Lipinski definition) is 2. The highest BCUT2D eigenvalue weighted by molar-refractivity contribution is 5.94. The Bertz CT molecular complexity index is 2880. The Morgan fingerprint density at radius 3 is 1.02 bits per heavy atom. The van der Waals surface area contributed by atoms with Gasteiger partial charge in [0.1, 0.15) is 0 Å². The van der Waals surface area contributed by atoms with Crippen LogP contribution in [0.3, 0.4) is 0 Å². The van der Waals surface area contributed by atoms with Crippen LogP contribution >= 0.6 is 0 Å². The van der Waals surface area contributed by atoms with E-state index in [1.807, 2.05) is 0 Å². The van der Waals surface area contributed by atoms with E-state index in [2.05, 4.69) is 206 Å². The van der Waals surface area contributed by atoms with Crippen LogP contribution in [0.1, 0.15) is 44.5 Å². The molecule has 0 aliphatic heterocycles. The SMILES string of the molecule is c1ccc(-c2cc(-c3ccccc3)nc(-c3ccc4c(c3)C3(c5ccccc5-c5ccccc53)c3ccccc3C43c4ccccc4-c4ccccc43)n2)cc1. The van der Waals surface area contributed by atoms with E-state index >= 15 is 0 Å². The Kier molecular flexibility index (Phi) is 6.50. The van der Waals surface area contributed by atoms with Crippen LogP contribution in [0.15, 0.2) is 206 Å². The van der Waals surface area contributed by atoms with Crippen LogP contribution in [0.4, 0.5) is 0 Å². The van der Waals surface area contributed by atoms with Gasteiger partial charge >= 0.3 is 0 Å². The Morgan fingerprint density at radius 1 is 0.250 bits per heavy atom. The maximum atomic E-state index is 5.35. The number of fused-ring (bicyclic) bond motifs is 16. The average Bonchev–Trinajstić information content (AvgIpc) is 3.75. The van der Waals surface area contributed by atoms with Crippen LogP contribution in [-0.4, -0.2) is 9.97 Å². The fraction of sp³-hybridized carbons (Fsp3) is 0.0370. The van der Waals surface area contributed by atoms with Crippen molar-refractivity contribution in [2.75, 3.05) is 0 Å². The number of benzene rings is 8. The van der Waals surface area contributed by atoms with Crippen molar-refractivity contribution in [2.45, 2.75) is 10.8 Å². The van der Waals surface area contributed by atoms with Crippen molar-refractivity contribution in [3.8, 4) is 56.2 Å². The van der Waals surface area contributed by atoms with Crippen LogP contribution in [0.25, 0.3) is 56.2 Å². The summed E-state index contributed by atoms with van der Waals surface area (Å²) in [5.74, 6) is 0.711. The Labute approximate surface area is 326 Å². The molecule has 0 atom stereocenters. The molecule has 0 amide bonds. The molecule has 2 nitrogen and oxygen atoms in total. The summed E-state index contributed by atoms with van der Waals surface area (Å²) in [5.41, 5.74) is 19.5. The third-order valence-corrected chi connectivity index (χ3v) is 12.6. The molecular formula is C54H34N2. The second-order valence-electron chi connectivity index (χ2n) is 15.2. The first-order valence-electron chi connectivity index (χ1n) is 19.4. The maximum absolute atomic E-state index is 5.35. The zero-order valence-electron chi connectivity index (χ0n) is 30.5. The zero-order chi connectivity index (χ0) is 36.8. The van der Waals surface area contributed by atoms with E-state index in [1.165, 1.54) is 66.8 Å². The highest BCUT2D eigenvalue weighted by Gasteiger charge is 2.58. The number of nitrogens with zero attached hydrogens (tertiary/aromatic N) is 2. The summed E-state index contributed by atoms with van der Waals surface area (Å²) in [4.78, 5) is 10.7. The highest BCUT2D eigenvalue weighted by atomic mass is 14.9. The molecule has 1 aromatic heterocycles. The normalized spacial score (nSPS) is 14.4. The van der Waals surface area contributed by atoms with Gasteiger partial charge in [-0.3, -0.25) is 0 Å². The fourth-order valence-corrected chi connectivity index (χ4v) is 10.5. The topological polar surface area (TPSA) is 25.8 Å². The third kappa shape index (κ3) is 4.00. The van der Waals surface area contributed by atoms with Crippen molar-refractivity contribution in [1.29, 1.82) is 0 Å². The first kappa shape index (κ1) is 31.2. The zero-order valence-corrected chi connectivity index (χ0v) is 30.5. The van der Waals surface area contributed by atoms with Crippen molar-refractivity contribution in [3.63, 3.8) is 0 Å². The van der Waals surface area contributed by atoms with E-state index in [4.69, 9.17) is 9.97 Å². The highest BCUT2D eigenvalue weighted by Crippen LogP contribution is 2.67. The van der Waals surface area contributed by atoms with Gasteiger partial charge in [-0.05, 0) is 78.9 Å². The van der Waals surface area contributed by atoms with Crippen molar-refractivity contribution in [1.82, 2.24) is 9.97 Å². The molecule has 1 heterocycles. The molecule has 0 fully saturated rings. The van der Waals surface area contributed by atoms with Gasteiger partial charge in [0, 0.05) is 16.7 Å². The molecule has 0 N–H and O–H groups in total. The summed E-state index contributed by atoms with van der Waals surface area (Å²) in [6.45, 7) is 0. The van der Waals surface area contributed by atoms with Crippen molar-refractivity contribution in [3.05, 3.63) is 251 Å². The minimum Gasteiger partial charge on any atom is -0.228 e. The Morgan fingerprint density at radius 2 is 0.589 bits per heavy atom. The summed E-state index contributed by atoms with van der Waals surface area (Å²) < 4.78 is 0. The minimum atomic E-state index is -0.577. The average molecular weight is 711 g/mol. The van der Waals surface area contributed by atoms with Gasteiger partial charge < -0.3 is 0 Å². The van der Waals surface area contributed by atoms with E-state index in [0.717, 1.165) is 28.1 Å². The van der Waals surface area contributed by atoms with E-state index in [-0.39, 0.29) is 0 Å². The van der Waals surface area contributed by atoms with Crippen molar-refractivity contribution < 1.29 is 0 Å². The molecule has 0 radical (unpaired) electrons. The monoisotopic (exact) mass is 710 g/mol. The molecule has 0 saturated carbocycles. The van der Waals surface area contributed by atoms with Gasteiger partial charge in [-0.1, -0.05) is 194 Å². The van der Waals surface area contributed by atoms with E-state index in [0.29, 0.717) is 5.82 Å². The lowest BCUT2D eigenvalue weighted by molar-refractivity contribution is 0.633. The molecule has 12 rings (SSSR count). The lowest BCUT2D eigenvalue weighted by Crippen LogP contribution is -2.43. The molecule has 2 heteroatoms. The third-order valence-electron chi connectivity index (χ3n) is 12.6. The second kappa shape index (κ2) is 11.7. The minimum absolute atomic E-state index is 0.530. The lowest BCUT2D eigenvalue weighted by Gasteiger charge is -2.49. The van der Waals surface area contributed by atoms with Crippen molar-refractivity contribution in [2.24, 2.45) is 0 Å². The smallest absolute Gasteiger partial charge is 0.160 e. The summed E-state index contributed by atoms with van der Waals surface area (Å²) in [7, 11) is 0. The molecule has 3 aliphatic rings. The number of aromatic nitrogens is 2. The molecule has 0 bridgehead atoms. The Hall–Kier alpha value is -7.16. The van der Waals surface area contributed by atoms with Crippen LogP contribution < -0.4 is 0 Å². The molecule has 0 saturated heterocycles. The molecule has 9 aromatic rings. The van der Waals surface area contributed by atoms with Gasteiger partial charge in [0.15, 0.2) is 5.82 Å². The van der Waals surface area contributed by atoms with E-state index < -0.39 is 10.8 Å². The van der Waals surface area contributed by atoms with Gasteiger partial charge in [0.05, 0.1) is 22.2 Å². The Balaban J connectivity index is 1.23. The van der Waals surface area contributed by atoms with Gasteiger partial charge in [0.25, 0.3) is 0 Å². The van der Waals surface area contributed by atoms with E-state index in [9.17, 15) is 0 Å². The molecule has 260 valence electrons. The fourth-order valence-electron chi connectivity index (χ4n) is 10.5. The predicted octanol–water partition coefficient (Wildman–Crippen LogP) is 12.5. The van der Waals surface area contributed by atoms with Crippen LogP contribution in [0.5, 0.6) is 0 Å². The molecule has 0 unspecified atom stereocenters. The van der Waals surface area contributed by atoms with Gasteiger partial charge in [-0.25, -0.2) is 9.97 Å². The number of hydrogen-bond donors (Lipinski definition) is 0. The first-order chi connectivity index (χ1) is 27.8. The first-order valence-corrected chi connectivity index (χ1v) is 19.4. The van der Waals surface area contributed by atoms with Gasteiger partial charge in [-0.15, -0.1) is 0 Å². The summed E-state index contributed by atoms with van der Waals surface area (Å²) >= 11 is 0.